The van der Waals surface area contributed by atoms with Gasteiger partial charge in [0.1, 0.15) is 17.5 Å². The van der Waals surface area contributed by atoms with E-state index in [2.05, 4.69) is 43.3 Å². The Kier molecular flexibility index (Phi) is 4.84. The van der Waals surface area contributed by atoms with Gasteiger partial charge in [0.2, 0.25) is 0 Å². The number of rotatable bonds is 5. The van der Waals surface area contributed by atoms with Crippen molar-refractivity contribution in [3.63, 3.8) is 0 Å². The van der Waals surface area contributed by atoms with Crippen LogP contribution in [0.4, 0.5) is 11.6 Å². The van der Waals surface area contributed by atoms with Crippen LogP contribution in [-0.4, -0.2) is 22.1 Å². The van der Waals surface area contributed by atoms with Gasteiger partial charge in [-0.2, -0.15) is 0 Å². The average Bonchev–Trinajstić information content (AvgIpc) is 2.44. The van der Waals surface area contributed by atoms with Gasteiger partial charge in [-0.15, -0.1) is 0 Å². The SMILES string of the molecule is CCNc1nc(CC)nc(NC2(C)CCCCC2)c1C. The molecular weight excluding hydrogens is 248 g/mol. The maximum Gasteiger partial charge on any atom is 0.135 e. The first-order chi connectivity index (χ1) is 9.58. The van der Waals surface area contributed by atoms with Crippen molar-refractivity contribution >= 4 is 11.6 Å². The molecule has 1 aromatic rings. The van der Waals surface area contributed by atoms with E-state index >= 15 is 0 Å². The summed E-state index contributed by atoms with van der Waals surface area (Å²) in [5.74, 6) is 2.90. The van der Waals surface area contributed by atoms with Gasteiger partial charge < -0.3 is 10.6 Å². The molecule has 112 valence electrons. The Labute approximate surface area is 122 Å². The van der Waals surface area contributed by atoms with E-state index in [1.54, 1.807) is 0 Å². The van der Waals surface area contributed by atoms with E-state index in [4.69, 9.17) is 4.98 Å². The fourth-order valence-electron chi connectivity index (χ4n) is 2.93. The summed E-state index contributed by atoms with van der Waals surface area (Å²) in [6, 6.07) is 0. The summed E-state index contributed by atoms with van der Waals surface area (Å²) in [5, 5.41) is 7.06. The molecule has 0 radical (unpaired) electrons. The van der Waals surface area contributed by atoms with Gasteiger partial charge in [-0.25, -0.2) is 9.97 Å². The molecular formula is C16H28N4. The number of hydrogen-bond donors (Lipinski definition) is 2. The molecule has 4 heteroatoms. The lowest BCUT2D eigenvalue weighted by atomic mass is 9.83. The van der Waals surface area contributed by atoms with Crippen LogP contribution < -0.4 is 10.6 Å². The predicted octanol–water partition coefficient (Wildman–Crippen LogP) is 3.91. The molecule has 1 saturated carbocycles. The maximum atomic E-state index is 4.71. The van der Waals surface area contributed by atoms with Crippen LogP contribution in [0.25, 0.3) is 0 Å². The minimum absolute atomic E-state index is 0.186. The van der Waals surface area contributed by atoms with Crippen LogP contribution in [0.3, 0.4) is 0 Å². The van der Waals surface area contributed by atoms with Crippen LogP contribution in [0, 0.1) is 6.92 Å². The third kappa shape index (κ3) is 3.41. The molecule has 0 amide bonds. The van der Waals surface area contributed by atoms with Crippen LogP contribution in [-0.2, 0) is 6.42 Å². The molecule has 1 aliphatic carbocycles. The quantitative estimate of drug-likeness (QED) is 0.856. The summed E-state index contributed by atoms with van der Waals surface area (Å²) < 4.78 is 0. The van der Waals surface area contributed by atoms with Crippen LogP contribution in [0.2, 0.25) is 0 Å². The Morgan fingerprint density at radius 1 is 1.05 bits per heavy atom. The Hall–Kier alpha value is -1.32. The maximum absolute atomic E-state index is 4.71. The smallest absolute Gasteiger partial charge is 0.135 e. The van der Waals surface area contributed by atoms with Crippen molar-refractivity contribution in [1.82, 2.24) is 9.97 Å². The zero-order chi connectivity index (χ0) is 14.6. The van der Waals surface area contributed by atoms with Crippen molar-refractivity contribution in [2.45, 2.75) is 71.8 Å². The van der Waals surface area contributed by atoms with Gasteiger partial charge in [-0.1, -0.05) is 26.2 Å². The highest BCUT2D eigenvalue weighted by Crippen LogP contribution is 2.32. The molecule has 2 N–H and O–H groups in total. The van der Waals surface area contributed by atoms with Crippen molar-refractivity contribution < 1.29 is 0 Å². The molecule has 0 bridgehead atoms. The number of aryl methyl sites for hydroxylation is 1. The Morgan fingerprint density at radius 3 is 2.30 bits per heavy atom. The molecule has 1 fully saturated rings. The van der Waals surface area contributed by atoms with E-state index < -0.39 is 0 Å². The van der Waals surface area contributed by atoms with E-state index in [1.165, 1.54) is 32.1 Å². The van der Waals surface area contributed by atoms with E-state index in [0.29, 0.717) is 0 Å². The van der Waals surface area contributed by atoms with E-state index in [-0.39, 0.29) is 5.54 Å². The molecule has 0 atom stereocenters. The lowest BCUT2D eigenvalue weighted by Crippen LogP contribution is -2.37. The van der Waals surface area contributed by atoms with Crippen molar-refractivity contribution in [2.75, 3.05) is 17.2 Å². The molecule has 0 unspecified atom stereocenters. The largest absolute Gasteiger partial charge is 0.370 e. The van der Waals surface area contributed by atoms with Crippen molar-refractivity contribution in [2.24, 2.45) is 0 Å². The Morgan fingerprint density at radius 2 is 1.70 bits per heavy atom. The minimum Gasteiger partial charge on any atom is -0.370 e. The third-order valence-electron chi connectivity index (χ3n) is 4.23. The van der Waals surface area contributed by atoms with Gasteiger partial charge >= 0.3 is 0 Å². The van der Waals surface area contributed by atoms with Gasteiger partial charge in [0.25, 0.3) is 0 Å². The second kappa shape index (κ2) is 6.42. The standard InChI is InChI=1S/C16H28N4/c1-5-13-18-14(17-6-2)12(3)15(19-13)20-16(4)10-8-7-9-11-16/h5-11H2,1-4H3,(H2,17,18,19,20). The van der Waals surface area contributed by atoms with E-state index in [9.17, 15) is 0 Å². The molecule has 2 rings (SSSR count). The summed E-state index contributed by atoms with van der Waals surface area (Å²) in [6.07, 6.45) is 7.32. The summed E-state index contributed by atoms with van der Waals surface area (Å²) in [6.45, 7) is 9.52. The fraction of sp³-hybridized carbons (Fsp3) is 0.750. The Balaban J connectivity index is 2.27. The lowest BCUT2D eigenvalue weighted by molar-refractivity contribution is 0.348. The molecule has 20 heavy (non-hydrogen) atoms. The van der Waals surface area contributed by atoms with Crippen molar-refractivity contribution in [3.05, 3.63) is 11.4 Å². The predicted molar refractivity (Wildman–Crippen MR) is 85.4 cm³/mol. The van der Waals surface area contributed by atoms with Gasteiger partial charge in [-0.05, 0) is 33.6 Å². The number of nitrogens with zero attached hydrogens (tertiary/aromatic N) is 2. The van der Waals surface area contributed by atoms with Gasteiger partial charge in [0, 0.05) is 24.1 Å². The highest BCUT2D eigenvalue weighted by atomic mass is 15.1. The zero-order valence-corrected chi connectivity index (χ0v) is 13.3. The van der Waals surface area contributed by atoms with Crippen LogP contribution in [0.1, 0.15) is 64.3 Å². The molecule has 0 spiro atoms. The van der Waals surface area contributed by atoms with Crippen molar-refractivity contribution in [1.29, 1.82) is 0 Å². The molecule has 1 aliphatic rings. The first-order valence-corrected chi connectivity index (χ1v) is 7.97. The first kappa shape index (κ1) is 15.1. The van der Waals surface area contributed by atoms with Crippen LogP contribution >= 0.6 is 0 Å². The number of hydrogen-bond acceptors (Lipinski definition) is 4. The summed E-state index contributed by atoms with van der Waals surface area (Å²) in [7, 11) is 0. The van der Waals surface area contributed by atoms with E-state index in [0.717, 1.165) is 36.0 Å². The number of nitrogens with one attached hydrogen (secondary N) is 2. The zero-order valence-electron chi connectivity index (χ0n) is 13.3. The molecule has 1 aromatic heterocycles. The molecule has 1 heterocycles. The number of aromatic nitrogens is 2. The van der Waals surface area contributed by atoms with E-state index in [1.807, 2.05) is 0 Å². The number of anilines is 2. The summed E-state index contributed by atoms with van der Waals surface area (Å²) >= 11 is 0. The highest BCUT2D eigenvalue weighted by molar-refractivity contribution is 5.58. The highest BCUT2D eigenvalue weighted by Gasteiger charge is 2.28. The first-order valence-electron chi connectivity index (χ1n) is 7.97. The topological polar surface area (TPSA) is 49.8 Å². The van der Waals surface area contributed by atoms with Crippen LogP contribution in [0.5, 0.6) is 0 Å². The summed E-state index contributed by atoms with van der Waals surface area (Å²) in [4.78, 5) is 9.31. The Bertz CT molecular complexity index is 450. The summed E-state index contributed by atoms with van der Waals surface area (Å²) in [5.41, 5.74) is 1.32. The lowest BCUT2D eigenvalue weighted by Gasteiger charge is -2.35. The van der Waals surface area contributed by atoms with Gasteiger partial charge in [-0.3, -0.25) is 0 Å². The van der Waals surface area contributed by atoms with Gasteiger partial charge in [0.15, 0.2) is 0 Å². The molecule has 0 aliphatic heterocycles. The monoisotopic (exact) mass is 276 g/mol. The second-order valence-corrected chi connectivity index (χ2v) is 6.09. The van der Waals surface area contributed by atoms with Crippen molar-refractivity contribution in [3.8, 4) is 0 Å². The molecule has 0 aromatic carbocycles. The molecule has 0 saturated heterocycles. The molecule has 4 nitrogen and oxygen atoms in total. The normalized spacial score (nSPS) is 17.8. The average molecular weight is 276 g/mol. The fourth-order valence-corrected chi connectivity index (χ4v) is 2.93. The van der Waals surface area contributed by atoms with Crippen LogP contribution in [0.15, 0.2) is 0 Å². The third-order valence-corrected chi connectivity index (χ3v) is 4.23. The van der Waals surface area contributed by atoms with Gasteiger partial charge in [0.05, 0.1) is 0 Å². The minimum atomic E-state index is 0.186. The second-order valence-electron chi connectivity index (χ2n) is 6.09.